The highest BCUT2D eigenvalue weighted by atomic mass is 32.2. The van der Waals surface area contributed by atoms with Gasteiger partial charge in [-0.25, -0.2) is 26.9 Å². The number of alkyl halides is 1. The van der Waals surface area contributed by atoms with Crippen molar-refractivity contribution in [2.75, 3.05) is 29.5 Å². The lowest BCUT2D eigenvalue weighted by Crippen LogP contribution is -2.41. The topological polar surface area (TPSA) is 121 Å². The van der Waals surface area contributed by atoms with Crippen molar-refractivity contribution < 1.29 is 22.0 Å². The van der Waals surface area contributed by atoms with Gasteiger partial charge in [0.1, 0.15) is 12.2 Å². The number of halogens is 2. The SMILES string of the molecule is C[C@@H](C#N)NC(=O)[C@@H]1C[C@@H](F)CC[C@H]1c1nn(-c2ncccc2F)cc1-c1ccc(N2CCS(=O)(=O)CC2)cc1. The minimum Gasteiger partial charge on any atom is -0.369 e. The zero-order chi connectivity index (χ0) is 28.4. The molecule has 0 unspecified atom stereocenters. The van der Waals surface area contributed by atoms with Crippen molar-refractivity contribution >= 4 is 21.4 Å². The highest BCUT2D eigenvalue weighted by Gasteiger charge is 2.39. The molecule has 12 heteroatoms. The Kier molecular flexibility index (Phi) is 7.85. The molecule has 1 saturated carbocycles. The molecule has 210 valence electrons. The lowest BCUT2D eigenvalue weighted by molar-refractivity contribution is -0.127. The fourth-order valence-corrected chi connectivity index (χ4v) is 6.65. The Morgan fingerprint density at radius 2 is 1.90 bits per heavy atom. The van der Waals surface area contributed by atoms with E-state index in [1.54, 1.807) is 13.1 Å². The van der Waals surface area contributed by atoms with Crippen LogP contribution in [0.2, 0.25) is 0 Å². The third-order valence-corrected chi connectivity index (χ3v) is 9.22. The molecule has 1 amide bonds. The average Bonchev–Trinajstić information content (AvgIpc) is 3.38. The number of nitrogens with one attached hydrogen (secondary N) is 1. The number of nitriles is 1. The van der Waals surface area contributed by atoms with Gasteiger partial charge < -0.3 is 10.2 Å². The van der Waals surface area contributed by atoms with Crippen LogP contribution in [-0.4, -0.2) is 65.9 Å². The highest BCUT2D eigenvalue weighted by molar-refractivity contribution is 7.91. The largest absolute Gasteiger partial charge is 0.369 e. The van der Waals surface area contributed by atoms with Gasteiger partial charge in [-0.3, -0.25) is 4.79 Å². The lowest BCUT2D eigenvalue weighted by atomic mass is 9.74. The van der Waals surface area contributed by atoms with E-state index in [0.717, 1.165) is 11.3 Å². The Morgan fingerprint density at radius 1 is 1.18 bits per heavy atom. The van der Waals surface area contributed by atoms with Crippen molar-refractivity contribution in [3.05, 3.63) is 60.3 Å². The highest BCUT2D eigenvalue weighted by Crippen LogP contribution is 2.43. The van der Waals surface area contributed by atoms with Crippen LogP contribution in [0.25, 0.3) is 16.9 Å². The molecule has 2 fully saturated rings. The molecule has 9 nitrogen and oxygen atoms in total. The van der Waals surface area contributed by atoms with Crippen LogP contribution in [0.4, 0.5) is 14.5 Å². The zero-order valence-corrected chi connectivity index (χ0v) is 22.8. The molecule has 1 aromatic carbocycles. The van der Waals surface area contributed by atoms with Crippen LogP contribution in [0.5, 0.6) is 0 Å². The maximum Gasteiger partial charge on any atom is 0.224 e. The van der Waals surface area contributed by atoms with Gasteiger partial charge >= 0.3 is 0 Å². The number of carbonyl (C=O) groups is 1. The van der Waals surface area contributed by atoms with E-state index in [-0.39, 0.29) is 30.2 Å². The molecule has 0 radical (unpaired) electrons. The molecule has 40 heavy (non-hydrogen) atoms. The number of pyridine rings is 1. The number of anilines is 1. The second-order valence-corrected chi connectivity index (χ2v) is 12.7. The molecule has 1 saturated heterocycles. The minimum absolute atomic E-state index is 0.000530. The van der Waals surface area contributed by atoms with E-state index >= 15 is 0 Å². The number of amides is 1. The van der Waals surface area contributed by atoms with Crippen molar-refractivity contribution in [3.8, 4) is 23.0 Å². The average molecular weight is 569 g/mol. The van der Waals surface area contributed by atoms with Crippen LogP contribution in [0, 0.1) is 23.1 Å². The first-order valence-electron chi connectivity index (χ1n) is 13.3. The predicted molar refractivity (Wildman–Crippen MR) is 146 cm³/mol. The second-order valence-electron chi connectivity index (χ2n) is 10.3. The summed E-state index contributed by atoms with van der Waals surface area (Å²) in [5.74, 6) is -2.00. The lowest BCUT2D eigenvalue weighted by Gasteiger charge is -2.32. The smallest absolute Gasteiger partial charge is 0.224 e. The maximum atomic E-state index is 14.7. The van der Waals surface area contributed by atoms with E-state index in [1.807, 2.05) is 35.2 Å². The van der Waals surface area contributed by atoms with Gasteiger partial charge in [-0.05, 0) is 56.0 Å². The van der Waals surface area contributed by atoms with Gasteiger partial charge in [0.2, 0.25) is 5.91 Å². The normalized spacial score (nSPS) is 23.2. The predicted octanol–water partition coefficient (Wildman–Crippen LogP) is 3.56. The van der Waals surface area contributed by atoms with Crippen LogP contribution in [0.3, 0.4) is 0 Å². The zero-order valence-electron chi connectivity index (χ0n) is 22.0. The van der Waals surface area contributed by atoms with E-state index in [2.05, 4.69) is 10.3 Å². The standard InChI is InChI=1S/C28H30F2N6O3S/c1-18(16-31)33-28(37)23-15-20(29)6-9-22(23)26-24(17-36(34-26)27-25(30)3-2-10-32-27)19-4-7-21(8-5-19)35-11-13-40(38,39)14-12-35/h2-5,7-8,10,17-18,20,22-23H,6,9,11-15H2,1H3,(H,33,37)/t18-,20-,22+,23+/m0/s1. The number of rotatable bonds is 6. The van der Waals surface area contributed by atoms with Crippen molar-refractivity contribution in [3.63, 3.8) is 0 Å². The molecule has 1 N–H and O–H groups in total. The van der Waals surface area contributed by atoms with Gasteiger partial charge in [-0.1, -0.05) is 12.1 Å². The Hall–Kier alpha value is -3.85. The summed E-state index contributed by atoms with van der Waals surface area (Å²) in [4.78, 5) is 19.3. The summed E-state index contributed by atoms with van der Waals surface area (Å²) in [5.41, 5.74) is 2.83. The number of sulfone groups is 1. The fraction of sp³-hybridized carbons (Fsp3) is 0.429. The van der Waals surface area contributed by atoms with Gasteiger partial charge in [-0.15, -0.1) is 0 Å². The van der Waals surface area contributed by atoms with Crippen molar-refractivity contribution in [1.82, 2.24) is 20.1 Å². The van der Waals surface area contributed by atoms with Crippen molar-refractivity contribution in [2.24, 2.45) is 5.92 Å². The fourth-order valence-electron chi connectivity index (χ4n) is 5.45. The van der Waals surface area contributed by atoms with E-state index in [9.17, 15) is 27.3 Å². The molecule has 4 atom stereocenters. The Balaban J connectivity index is 1.53. The number of benzene rings is 1. The van der Waals surface area contributed by atoms with E-state index in [4.69, 9.17) is 5.10 Å². The first-order valence-corrected chi connectivity index (χ1v) is 15.1. The summed E-state index contributed by atoms with van der Waals surface area (Å²) >= 11 is 0. The molecule has 3 aromatic rings. The van der Waals surface area contributed by atoms with Gasteiger partial charge in [0.15, 0.2) is 21.5 Å². The molecule has 2 aromatic heterocycles. The molecule has 2 aliphatic rings. The second kappa shape index (κ2) is 11.3. The number of hydrogen-bond acceptors (Lipinski definition) is 7. The van der Waals surface area contributed by atoms with Crippen LogP contribution in [0.1, 0.15) is 37.8 Å². The Labute approximate surface area is 231 Å². The molecule has 5 rings (SSSR count). The van der Waals surface area contributed by atoms with Crippen molar-refractivity contribution in [1.29, 1.82) is 5.26 Å². The van der Waals surface area contributed by atoms with Crippen LogP contribution in [0.15, 0.2) is 48.8 Å². The van der Waals surface area contributed by atoms with Crippen LogP contribution >= 0.6 is 0 Å². The minimum atomic E-state index is -3.01. The van der Waals surface area contributed by atoms with E-state index in [1.165, 1.54) is 23.0 Å². The Morgan fingerprint density at radius 3 is 2.58 bits per heavy atom. The maximum absolute atomic E-state index is 14.7. The van der Waals surface area contributed by atoms with Gasteiger partial charge in [0.05, 0.1) is 23.3 Å². The molecule has 0 spiro atoms. The third-order valence-electron chi connectivity index (χ3n) is 7.61. The quantitative estimate of drug-likeness (QED) is 0.483. The van der Waals surface area contributed by atoms with Crippen LogP contribution in [-0.2, 0) is 14.6 Å². The molecular formula is C28H30F2N6O3S. The first kappa shape index (κ1) is 27.7. The summed E-state index contributed by atoms with van der Waals surface area (Å²) in [6.07, 6.45) is 2.57. The van der Waals surface area contributed by atoms with Crippen LogP contribution < -0.4 is 10.2 Å². The summed E-state index contributed by atoms with van der Waals surface area (Å²) in [6.45, 7) is 2.38. The monoisotopic (exact) mass is 568 g/mol. The summed E-state index contributed by atoms with van der Waals surface area (Å²) < 4.78 is 54.3. The first-order chi connectivity index (χ1) is 19.1. The van der Waals surface area contributed by atoms with Gasteiger partial charge in [0.25, 0.3) is 0 Å². The molecular weight excluding hydrogens is 538 g/mol. The van der Waals surface area contributed by atoms with Gasteiger partial charge in [-0.2, -0.15) is 10.4 Å². The molecule has 3 heterocycles. The molecule has 0 bridgehead atoms. The van der Waals surface area contributed by atoms with Gasteiger partial charge in [0, 0.05) is 48.6 Å². The number of nitrogens with zero attached hydrogens (tertiary/aromatic N) is 5. The molecule has 1 aliphatic carbocycles. The molecule has 1 aliphatic heterocycles. The number of aromatic nitrogens is 3. The summed E-state index contributed by atoms with van der Waals surface area (Å²) in [7, 11) is -3.01. The summed E-state index contributed by atoms with van der Waals surface area (Å²) in [5, 5.41) is 16.5. The Bertz CT molecular complexity index is 1520. The van der Waals surface area contributed by atoms with E-state index < -0.39 is 45.6 Å². The number of hydrogen-bond donors (Lipinski definition) is 1. The third kappa shape index (κ3) is 5.84. The summed E-state index contributed by atoms with van der Waals surface area (Å²) in [6, 6.07) is 11.6. The van der Waals surface area contributed by atoms with Crippen molar-refractivity contribution in [2.45, 2.75) is 44.3 Å². The van der Waals surface area contributed by atoms with E-state index in [0.29, 0.717) is 30.8 Å². The number of carbonyl (C=O) groups excluding carboxylic acids is 1.